The normalized spacial score (nSPS) is 10.6. The van der Waals surface area contributed by atoms with Crippen molar-refractivity contribution in [2.45, 2.75) is 6.54 Å². The van der Waals surface area contributed by atoms with Crippen LogP contribution in [-0.4, -0.2) is 37.3 Å². The summed E-state index contributed by atoms with van der Waals surface area (Å²) in [4.78, 5) is 4.13. The summed E-state index contributed by atoms with van der Waals surface area (Å²) in [6.45, 7) is 0.609. The maximum Gasteiger partial charge on any atom is 0.212 e. The van der Waals surface area contributed by atoms with E-state index < -0.39 is 0 Å². The highest BCUT2D eigenvalue weighted by Crippen LogP contribution is 2.09. The van der Waals surface area contributed by atoms with Gasteiger partial charge in [-0.3, -0.25) is 0 Å². The molecule has 3 aromatic heterocycles. The number of anilines is 1. The average Bonchev–Trinajstić information content (AvgIpc) is 2.93. The van der Waals surface area contributed by atoms with Gasteiger partial charge in [0.15, 0.2) is 5.65 Å². The first-order valence-electron chi connectivity index (χ1n) is 5.63. The molecule has 0 fully saturated rings. The molecular weight excluding hydrogens is 246 g/mol. The van der Waals surface area contributed by atoms with Crippen LogP contribution in [0.3, 0.4) is 0 Å². The average molecular weight is 257 g/mol. The number of methoxy groups -OCH3 is 1. The smallest absolute Gasteiger partial charge is 0.212 e. The van der Waals surface area contributed by atoms with Gasteiger partial charge in [0.05, 0.1) is 7.11 Å². The van der Waals surface area contributed by atoms with Gasteiger partial charge in [-0.1, -0.05) is 6.07 Å². The van der Waals surface area contributed by atoms with Crippen LogP contribution in [0.15, 0.2) is 30.5 Å². The molecule has 8 nitrogen and oxygen atoms in total. The van der Waals surface area contributed by atoms with Gasteiger partial charge in [-0.05, 0) is 28.1 Å². The van der Waals surface area contributed by atoms with Crippen molar-refractivity contribution >= 4 is 11.5 Å². The van der Waals surface area contributed by atoms with Gasteiger partial charge in [0.1, 0.15) is 5.82 Å². The molecule has 0 aromatic carbocycles. The number of aromatic nitrogens is 6. The van der Waals surface area contributed by atoms with E-state index in [2.05, 4.69) is 30.9 Å². The maximum atomic E-state index is 5.00. The van der Waals surface area contributed by atoms with Crippen molar-refractivity contribution in [3.8, 4) is 5.88 Å². The minimum atomic E-state index is 0.594. The van der Waals surface area contributed by atoms with E-state index in [0.29, 0.717) is 23.9 Å². The quantitative estimate of drug-likeness (QED) is 0.729. The Labute approximate surface area is 108 Å². The Morgan fingerprint density at radius 3 is 3.00 bits per heavy atom. The Hall–Kier alpha value is -2.77. The first-order chi connectivity index (χ1) is 9.35. The zero-order valence-corrected chi connectivity index (χ0v) is 10.2. The lowest BCUT2D eigenvalue weighted by Gasteiger charge is -2.05. The van der Waals surface area contributed by atoms with Crippen LogP contribution in [-0.2, 0) is 6.54 Å². The molecule has 8 heteroatoms. The van der Waals surface area contributed by atoms with E-state index in [1.807, 2.05) is 18.2 Å². The number of ether oxygens (including phenoxy) is 1. The summed E-state index contributed by atoms with van der Waals surface area (Å²) < 4.78 is 6.37. The molecule has 0 atom stereocenters. The third-order valence-corrected chi connectivity index (χ3v) is 2.55. The maximum absolute atomic E-state index is 5.00. The van der Waals surface area contributed by atoms with Crippen LogP contribution in [0.1, 0.15) is 5.56 Å². The highest BCUT2D eigenvalue weighted by Gasteiger charge is 2.01. The van der Waals surface area contributed by atoms with E-state index in [4.69, 9.17) is 4.74 Å². The van der Waals surface area contributed by atoms with Crippen LogP contribution in [0.4, 0.5) is 5.82 Å². The summed E-state index contributed by atoms with van der Waals surface area (Å²) in [6, 6.07) is 7.37. The molecule has 0 amide bonds. The van der Waals surface area contributed by atoms with Crippen molar-refractivity contribution < 1.29 is 4.74 Å². The van der Waals surface area contributed by atoms with E-state index in [-0.39, 0.29) is 0 Å². The molecule has 1 N–H and O–H groups in total. The molecule has 0 aliphatic rings. The zero-order valence-electron chi connectivity index (χ0n) is 10.2. The molecule has 19 heavy (non-hydrogen) atoms. The molecular formula is C11H11N7O. The summed E-state index contributed by atoms with van der Waals surface area (Å²) in [7, 11) is 1.59. The van der Waals surface area contributed by atoms with Gasteiger partial charge in [0, 0.05) is 18.8 Å². The standard InChI is InChI=1S/C11H11N7O/c1-19-11-5-2-8(7-13-11)6-12-9-3-4-10-14-16-17-18(10)15-9/h2-5,7H,6H2,1H3,(H,12,15). The fourth-order valence-electron chi connectivity index (χ4n) is 1.57. The van der Waals surface area contributed by atoms with E-state index in [0.717, 1.165) is 5.56 Å². The molecule has 0 spiro atoms. The number of nitrogens with one attached hydrogen (secondary N) is 1. The van der Waals surface area contributed by atoms with Crippen LogP contribution < -0.4 is 10.1 Å². The molecule has 3 rings (SSSR count). The van der Waals surface area contributed by atoms with Crippen LogP contribution in [0.5, 0.6) is 5.88 Å². The summed E-state index contributed by atoms with van der Waals surface area (Å²) >= 11 is 0. The minimum Gasteiger partial charge on any atom is -0.481 e. The molecule has 0 aliphatic carbocycles. The van der Waals surface area contributed by atoms with Crippen molar-refractivity contribution in [1.29, 1.82) is 0 Å². The van der Waals surface area contributed by atoms with Gasteiger partial charge in [0.2, 0.25) is 5.88 Å². The minimum absolute atomic E-state index is 0.594. The second-order valence-corrected chi connectivity index (χ2v) is 3.81. The third kappa shape index (κ3) is 2.41. The highest BCUT2D eigenvalue weighted by atomic mass is 16.5. The molecule has 0 saturated carbocycles. The highest BCUT2D eigenvalue weighted by molar-refractivity contribution is 5.42. The molecule has 96 valence electrons. The molecule has 3 heterocycles. The van der Waals surface area contributed by atoms with Crippen LogP contribution in [0.25, 0.3) is 5.65 Å². The Kier molecular flexibility index (Phi) is 2.89. The summed E-state index contributed by atoms with van der Waals surface area (Å²) in [6.07, 6.45) is 1.75. The largest absolute Gasteiger partial charge is 0.481 e. The second-order valence-electron chi connectivity index (χ2n) is 3.81. The molecule has 0 unspecified atom stereocenters. The Morgan fingerprint density at radius 1 is 1.26 bits per heavy atom. The molecule has 3 aromatic rings. The number of fused-ring (bicyclic) bond motifs is 1. The lowest BCUT2D eigenvalue weighted by Crippen LogP contribution is -2.05. The molecule has 0 saturated heterocycles. The number of hydrogen-bond donors (Lipinski definition) is 1. The number of hydrogen-bond acceptors (Lipinski definition) is 7. The van der Waals surface area contributed by atoms with Crippen molar-refractivity contribution in [3.05, 3.63) is 36.0 Å². The monoisotopic (exact) mass is 257 g/mol. The lowest BCUT2D eigenvalue weighted by atomic mass is 10.3. The van der Waals surface area contributed by atoms with E-state index >= 15 is 0 Å². The van der Waals surface area contributed by atoms with Gasteiger partial charge in [0.25, 0.3) is 0 Å². The lowest BCUT2D eigenvalue weighted by molar-refractivity contribution is 0.397. The fraction of sp³-hybridized carbons (Fsp3) is 0.182. The number of rotatable bonds is 4. The summed E-state index contributed by atoms with van der Waals surface area (Å²) in [5, 5.41) is 18.4. The van der Waals surface area contributed by atoms with E-state index in [1.54, 1.807) is 19.4 Å². The predicted octanol–water partition coefficient (Wildman–Crippen LogP) is 0.535. The van der Waals surface area contributed by atoms with Gasteiger partial charge in [-0.2, -0.15) is 0 Å². The van der Waals surface area contributed by atoms with Crippen molar-refractivity contribution in [3.63, 3.8) is 0 Å². The SMILES string of the molecule is COc1ccc(CNc2ccc3nnnn3n2)cn1. The van der Waals surface area contributed by atoms with Gasteiger partial charge >= 0.3 is 0 Å². The Morgan fingerprint density at radius 2 is 2.21 bits per heavy atom. The van der Waals surface area contributed by atoms with Crippen molar-refractivity contribution in [1.82, 2.24) is 30.2 Å². The summed E-state index contributed by atoms with van der Waals surface area (Å²) in [5.41, 5.74) is 1.64. The number of pyridine rings is 1. The van der Waals surface area contributed by atoms with Gasteiger partial charge in [-0.15, -0.1) is 14.8 Å². The van der Waals surface area contributed by atoms with E-state index in [9.17, 15) is 0 Å². The van der Waals surface area contributed by atoms with Gasteiger partial charge in [-0.25, -0.2) is 4.98 Å². The second kappa shape index (κ2) is 4.84. The van der Waals surface area contributed by atoms with E-state index in [1.165, 1.54) is 4.63 Å². The molecule has 0 radical (unpaired) electrons. The van der Waals surface area contributed by atoms with Gasteiger partial charge < -0.3 is 10.1 Å². The third-order valence-electron chi connectivity index (χ3n) is 2.55. The molecule has 0 bridgehead atoms. The van der Waals surface area contributed by atoms with Crippen LogP contribution in [0.2, 0.25) is 0 Å². The summed E-state index contributed by atoms with van der Waals surface area (Å²) in [5.74, 6) is 1.28. The first-order valence-corrected chi connectivity index (χ1v) is 5.63. The number of nitrogens with zero attached hydrogens (tertiary/aromatic N) is 6. The van der Waals surface area contributed by atoms with Crippen molar-refractivity contribution in [2.24, 2.45) is 0 Å². The predicted molar refractivity (Wildman–Crippen MR) is 66.7 cm³/mol. The fourth-order valence-corrected chi connectivity index (χ4v) is 1.57. The first kappa shape index (κ1) is 11.3. The van der Waals surface area contributed by atoms with Crippen LogP contribution >= 0.6 is 0 Å². The zero-order chi connectivity index (χ0) is 13.1. The van der Waals surface area contributed by atoms with Crippen LogP contribution in [0, 0.1) is 0 Å². The molecule has 0 aliphatic heterocycles. The Balaban J connectivity index is 1.70. The Bertz CT molecular complexity index is 679. The van der Waals surface area contributed by atoms with Crippen molar-refractivity contribution in [2.75, 3.05) is 12.4 Å². The topological polar surface area (TPSA) is 90.1 Å². The number of tetrazole rings is 1.